The van der Waals surface area contributed by atoms with Crippen molar-refractivity contribution in [1.82, 2.24) is 25.0 Å². The van der Waals surface area contributed by atoms with E-state index < -0.39 is 18.2 Å². The molecule has 0 aliphatic carbocycles. The van der Waals surface area contributed by atoms with Gasteiger partial charge in [-0.15, -0.1) is 21.5 Å². The second kappa shape index (κ2) is 14.7. The molecule has 0 radical (unpaired) electrons. The van der Waals surface area contributed by atoms with Crippen molar-refractivity contribution in [2.24, 2.45) is 16.6 Å². The summed E-state index contributed by atoms with van der Waals surface area (Å²) in [7, 11) is 0. The number of likely N-dealkylation sites (tertiary alicyclic amines) is 1. The molecule has 46 heavy (non-hydrogen) atoms. The molecule has 1 aromatic carbocycles. The van der Waals surface area contributed by atoms with Crippen molar-refractivity contribution in [3.8, 4) is 5.00 Å². The molecule has 2 aliphatic rings. The van der Waals surface area contributed by atoms with Gasteiger partial charge in [-0.3, -0.25) is 19.1 Å². The number of thiophene rings is 1. The summed E-state index contributed by atoms with van der Waals surface area (Å²) >= 11 is 7.89. The number of alkyl halides is 3. The summed E-state index contributed by atoms with van der Waals surface area (Å²) in [6, 6.07) is 7.17. The first-order valence-electron chi connectivity index (χ1n) is 14.6. The summed E-state index contributed by atoms with van der Waals surface area (Å²) in [5.74, 6) is -1.34. The zero-order chi connectivity index (χ0) is 33.8. The Balaban J connectivity index is 0.000000617. The van der Waals surface area contributed by atoms with Crippen molar-refractivity contribution >= 4 is 46.4 Å². The maximum absolute atomic E-state index is 13.6. The third-order valence-electron chi connectivity index (χ3n) is 7.87. The number of aliphatic carboxylic acids is 1. The Kier molecular flexibility index (Phi) is 11.2. The molecule has 16 heteroatoms. The summed E-state index contributed by atoms with van der Waals surface area (Å²) in [5, 5.41) is 20.6. The minimum atomic E-state index is -5.08. The highest BCUT2D eigenvalue weighted by atomic mass is 35.5. The third kappa shape index (κ3) is 7.93. The SMILES string of the molecule is Cc1sc2c(c1C)C(c1ccc(Cl)cc1)=N[C@@H](CC(=O)N1CCC(C(=O)NCCCN)CC1)c1nnc(C)n1-2.O=C(O)C(F)(F)F. The van der Waals surface area contributed by atoms with Crippen molar-refractivity contribution in [3.05, 3.63) is 62.5 Å². The molecule has 248 valence electrons. The van der Waals surface area contributed by atoms with E-state index in [1.807, 2.05) is 36.1 Å². The molecular weight excluding hydrogens is 647 g/mol. The van der Waals surface area contributed by atoms with E-state index in [0.29, 0.717) is 49.9 Å². The van der Waals surface area contributed by atoms with Crippen LogP contribution in [-0.2, 0) is 14.4 Å². The van der Waals surface area contributed by atoms with Crippen LogP contribution in [0.1, 0.15) is 64.9 Å². The quantitative estimate of drug-likeness (QED) is 0.310. The Morgan fingerprint density at radius 2 is 1.74 bits per heavy atom. The van der Waals surface area contributed by atoms with E-state index in [2.05, 4.69) is 33.9 Å². The molecule has 2 aliphatic heterocycles. The lowest BCUT2D eigenvalue weighted by atomic mass is 9.95. The first kappa shape index (κ1) is 35.0. The molecule has 4 heterocycles. The van der Waals surface area contributed by atoms with Crippen molar-refractivity contribution in [3.63, 3.8) is 0 Å². The van der Waals surface area contributed by atoms with Gasteiger partial charge in [0.1, 0.15) is 16.9 Å². The lowest BCUT2D eigenvalue weighted by Gasteiger charge is -2.32. The molecule has 11 nitrogen and oxygen atoms in total. The van der Waals surface area contributed by atoms with Crippen LogP contribution in [0.3, 0.4) is 0 Å². The summed E-state index contributed by atoms with van der Waals surface area (Å²) in [5.41, 5.74) is 9.49. The van der Waals surface area contributed by atoms with E-state index in [1.165, 1.54) is 4.88 Å². The van der Waals surface area contributed by atoms with Crippen LogP contribution in [-0.4, -0.2) is 80.6 Å². The Labute approximate surface area is 272 Å². The van der Waals surface area contributed by atoms with E-state index in [9.17, 15) is 22.8 Å². The highest BCUT2D eigenvalue weighted by Gasteiger charge is 2.38. The number of aromatic nitrogens is 3. The van der Waals surface area contributed by atoms with Gasteiger partial charge >= 0.3 is 12.1 Å². The maximum atomic E-state index is 13.6. The minimum Gasteiger partial charge on any atom is -0.475 e. The number of carbonyl (C=O) groups is 3. The Hall–Kier alpha value is -3.82. The normalized spacial score (nSPS) is 16.4. The highest BCUT2D eigenvalue weighted by Crippen LogP contribution is 2.40. The average molecular weight is 682 g/mol. The van der Waals surface area contributed by atoms with Gasteiger partial charge in [0, 0.05) is 46.6 Å². The lowest BCUT2D eigenvalue weighted by molar-refractivity contribution is -0.192. The first-order valence-corrected chi connectivity index (χ1v) is 15.8. The standard InChI is InChI=1S/C28H34ClN7O2S.C2HF3O2/c1-16-17(2)39-28-24(16)25(19-5-7-21(29)8-6-19)32-22(26-34-33-18(3)36(26)28)15-23(37)35-13-9-20(10-14-35)27(38)31-12-4-11-30;3-2(4,5)1(6)7/h5-8,20,22H,4,9-15,30H2,1-3H3,(H,31,38);(H,6,7)/t22-;/m0./s1. The van der Waals surface area contributed by atoms with Gasteiger partial charge in [-0.2, -0.15) is 13.2 Å². The molecule has 4 N–H and O–H groups in total. The predicted octanol–water partition coefficient (Wildman–Crippen LogP) is 4.53. The Bertz CT molecular complexity index is 1610. The minimum absolute atomic E-state index is 0.00607. The van der Waals surface area contributed by atoms with Crippen LogP contribution in [0.5, 0.6) is 0 Å². The third-order valence-corrected chi connectivity index (χ3v) is 9.31. The van der Waals surface area contributed by atoms with E-state index in [-0.39, 0.29) is 24.2 Å². The largest absolute Gasteiger partial charge is 0.490 e. The molecule has 2 aromatic heterocycles. The van der Waals surface area contributed by atoms with Gasteiger partial charge in [-0.05, 0) is 64.3 Å². The van der Waals surface area contributed by atoms with Gasteiger partial charge in [-0.25, -0.2) is 4.79 Å². The van der Waals surface area contributed by atoms with Gasteiger partial charge in [0.05, 0.1) is 12.1 Å². The number of amides is 2. The molecule has 0 saturated carbocycles. The van der Waals surface area contributed by atoms with Crippen LogP contribution in [0.4, 0.5) is 13.2 Å². The second-order valence-corrected chi connectivity index (χ2v) is 12.6. The number of hydrogen-bond acceptors (Lipinski definition) is 8. The fourth-order valence-corrected chi connectivity index (χ4v) is 6.62. The summed E-state index contributed by atoms with van der Waals surface area (Å²) in [6.07, 6.45) is -2.85. The number of aryl methyl sites for hydroxylation is 2. The molecule has 1 fully saturated rings. The molecule has 1 saturated heterocycles. The van der Waals surface area contributed by atoms with Gasteiger partial charge in [-0.1, -0.05) is 23.7 Å². The zero-order valence-electron chi connectivity index (χ0n) is 25.5. The molecular formula is C30H35ClF3N7O4S. The Morgan fingerprint density at radius 1 is 1.11 bits per heavy atom. The monoisotopic (exact) mass is 681 g/mol. The number of piperidine rings is 1. The number of halogens is 4. The van der Waals surface area contributed by atoms with Crippen LogP contribution in [0.2, 0.25) is 5.02 Å². The molecule has 0 unspecified atom stereocenters. The number of benzene rings is 1. The summed E-state index contributed by atoms with van der Waals surface area (Å²) in [6.45, 7) is 8.39. The molecule has 0 bridgehead atoms. The molecule has 0 spiro atoms. The smallest absolute Gasteiger partial charge is 0.475 e. The van der Waals surface area contributed by atoms with Crippen LogP contribution < -0.4 is 11.1 Å². The van der Waals surface area contributed by atoms with Crippen LogP contribution >= 0.6 is 22.9 Å². The van der Waals surface area contributed by atoms with Gasteiger partial charge in [0.25, 0.3) is 0 Å². The van der Waals surface area contributed by atoms with Gasteiger partial charge in [0.2, 0.25) is 11.8 Å². The van der Waals surface area contributed by atoms with Gasteiger partial charge in [0.15, 0.2) is 5.82 Å². The zero-order valence-corrected chi connectivity index (χ0v) is 27.1. The van der Waals surface area contributed by atoms with Gasteiger partial charge < -0.3 is 21.1 Å². The Morgan fingerprint density at radius 3 is 2.33 bits per heavy atom. The molecule has 3 aromatic rings. The second-order valence-electron chi connectivity index (χ2n) is 11.0. The average Bonchev–Trinajstić information content (AvgIpc) is 3.49. The number of hydrogen-bond donors (Lipinski definition) is 3. The molecule has 5 rings (SSSR count). The number of nitrogens with two attached hydrogens (primary N) is 1. The van der Waals surface area contributed by atoms with E-state index in [1.54, 1.807) is 11.3 Å². The fraction of sp³-hybridized carbons (Fsp3) is 0.467. The van der Waals surface area contributed by atoms with Crippen LogP contribution in [0.15, 0.2) is 29.3 Å². The predicted molar refractivity (Wildman–Crippen MR) is 168 cm³/mol. The lowest BCUT2D eigenvalue weighted by Crippen LogP contribution is -2.43. The van der Waals surface area contributed by atoms with Crippen molar-refractivity contribution in [2.45, 2.75) is 58.7 Å². The topological polar surface area (TPSA) is 156 Å². The number of nitrogens with one attached hydrogen (secondary N) is 1. The first-order chi connectivity index (χ1) is 21.7. The number of nitrogens with zero attached hydrogens (tertiary/aromatic N) is 5. The summed E-state index contributed by atoms with van der Waals surface area (Å²) in [4.78, 5) is 43.2. The number of aliphatic imine (C=N–C) groups is 1. The van der Waals surface area contributed by atoms with Crippen LogP contribution in [0.25, 0.3) is 5.00 Å². The number of fused-ring (bicyclic) bond motifs is 3. The van der Waals surface area contributed by atoms with E-state index in [4.69, 9.17) is 32.2 Å². The fourth-order valence-electron chi connectivity index (χ4n) is 5.28. The molecule has 1 atom stereocenters. The van der Waals surface area contributed by atoms with E-state index in [0.717, 1.165) is 39.6 Å². The number of carboxylic acids is 1. The summed E-state index contributed by atoms with van der Waals surface area (Å²) < 4.78 is 33.8. The maximum Gasteiger partial charge on any atom is 0.490 e. The van der Waals surface area contributed by atoms with E-state index >= 15 is 0 Å². The molecule has 2 amide bonds. The number of rotatable bonds is 7. The van der Waals surface area contributed by atoms with Crippen LogP contribution in [0, 0.1) is 26.7 Å². The van der Waals surface area contributed by atoms with Crippen molar-refractivity contribution < 1.29 is 32.7 Å². The number of carbonyl (C=O) groups excluding carboxylic acids is 2. The highest BCUT2D eigenvalue weighted by molar-refractivity contribution is 7.15. The van der Waals surface area contributed by atoms with Crippen molar-refractivity contribution in [1.29, 1.82) is 0 Å². The number of carboxylic acid groups (broad SMARTS) is 1. The van der Waals surface area contributed by atoms with Crippen molar-refractivity contribution in [2.75, 3.05) is 26.2 Å².